The van der Waals surface area contributed by atoms with E-state index in [1.54, 1.807) is 0 Å². The van der Waals surface area contributed by atoms with Gasteiger partial charge in [-0.15, -0.1) is 11.6 Å². The predicted molar refractivity (Wildman–Crippen MR) is 35.2 cm³/mol. The fraction of sp³-hybridized carbons (Fsp3) is 1.00. The highest BCUT2D eigenvalue weighted by Gasteiger charge is 1.89. The normalized spacial score (nSPS) is 14.3. The van der Waals surface area contributed by atoms with E-state index in [1.807, 2.05) is 0 Å². The number of alkyl halides is 1. The van der Waals surface area contributed by atoms with Crippen LogP contribution in [0.2, 0.25) is 0 Å². The van der Waals surface area contributed by atoms with Crippen LogP contribution < -0.4 is 0 Å². The third-order valence-corrected chi connectivity index (χ3v) is 1.48. The van der Waals surface area contributed by atoms with E-state index in [-0.39, 0.29) is 1.43 Å². The Bertz CT molecular complexity index is 32.9. The summed E-state index contributed by atoms with van der Waals surface area (Å²) in [6, 6.07) is 0. The second kappa shape index (κ2) is 3.99. The van der Waals surface area contributed by atoms with Crippen LogP contribution in [0, 0.1) is 0 Å². The summed E-state index contributed by atoms with van der Waals surface area (Å²) in [5, 5.41) is 0. The van der Waals surface area contributed by atoms with Gasteiger partial charge in [0.1, 0.15) is 0 Å². The summed E-state index contributed by atoms with van der Waals surface area (Å²) >= 11 is 6.78. The van der Waals surface area contributed by atoms with Gasteiger partial charge < -0.3 is 0 Å². The van der Waals surface area contributed by atoms with Crippen LogP contribution in [0.15, 0.2) is 0 Å². The average molecular weight is 123 g/mol. The van der Waals surface area contributed by atoms with Crippen molar-refractivity contribution in [1.82, 2.24) is 0 Å². The highest BCUT2D eigenvalue weighted by Crippen LogP contribution is 1.97. The molecule has 0 saturated heterocycles. The van der Waals surface area contributed by atoms with E-state index in [9.17, 15) is 0 Å². The van der Waals surface area contributed by atoms with Crippen LogP contribution >= 0.6 is 11.6 Å². The van der Waals surface area contributed by atoms with Gasteiger partial charge in [-0.05, 0) is 4.24 Å². The summed E-state index contributed by atoms with van der Waals surface area (Å²) in [5.74, 6) is 0. The molecule has 0 spiro atoms. The first kappa shape index (κ1) is 6.82. The second-order valence-corrected chi connectivity index (χ2v) is 4.44. The Hall–Kier alpha value is 0.822. The minimum absolute atomic E-state index is 0. The zero-order chi connectivity index (χ0) is 4.99. The summed E-state index contributed by atoms with van der Waals surface area (Å²) in [7, 11) is 0. The fourth-order valence-electron chi connectivity index (χ4n) is 0.398. The maximum Gasteiger partial charge on any atom is 0.240 e. The highest BCUT2D eigenvalue weighted by molar-refractivity contribution is 6.40. The van der Waals surface area contributed by atoms with Crippen LogP contribution in [0.4, 0.5) is 0 Å². The lowest BCUT2D eigenvalue weighted by Crippen LogP contribution is -1.93. The van der Waals surface area contributed by atoms with Gasteiger partial charge in [-0.1, -0.05) is 19.8 Å². The van der Waals surface area contributed by atoms with Gasteiger partial charge in [0.25, 0.3) is 0 Å². The van der Waals surface area contributed by atoms with Gasteiger partial charge in [0.05, 0.1) is 0 Å². The third kappa shape index (κ3) is 4.82. The maximum absolute atomic E-state index is 5.64. The van der Waals surface area contributed by atoms with Crippen molar-refractivity contribution < 1.29 is 1.43 Å². The maximum atomic E-state index is 5.64. The van der Waals surface area contributed by atoms with Crippen molar-refractivity contribution in [3.8, 4) is 0 Å². The molecule has 0 bridgehead atoms. The standard InChI is InChI=1S/C4H8Cl.Al.H2.2H/c1-2-3-4-5;;;;/h4H,2-3H2,1H3;;1H;;. The summed E-state index contributed by atoms with van der Waals surface area (Å²) in [4.78, 5) is 0. The molecule has 1 atom stereocenters. The number of rotatable bonds is 2. The Morgan fingerprint density at radius 3 is 2.50 bits per heavy atom. The van der Waals surface area contributed by atoms with Crippen molar-refractivity contribution in [1.29, 1.82) is 0 Å². The lowest BCUT2D eigenvalue weighted by molar-refractivity contribution is 0.859. The van der Waals surface area contributed by atoms with Gasteiger partial charge in [-0.3, -0.25) is 0 Å². The zero-order valence-corrected chi connectivity index (χ0v) is 7.13. The van der Waals surface area contributed by atoms with Crippen molar-refractivity contribution in [3.05, 3.63) is 0 Å². The van der Waals surface area contributed by atoms with Crippen LogP contribution in [-0.2, 0) is 0 Å². The van der Waals surface area contributed by atoms with Crippen molar-refractivity contribution in [3.63, 3.8) is 0 Å². The molecule has 0 radical (unpaired) electrons. The van der Waals surface area contributed by atoms with Crippen LogP contribution in [0.5, 0.6) is 0 Å². The number of hydrogen-bond donors (Lipinski definition) is 0. The Labute approximate surface area is 53.8 Å². The monoisotopic (exact) mass is 122 g/mol. The molecular formula is C4H12AlCl. The molecule has 0 saturated carbocycles. The van der Waals surface area contributed by atoms with E-state index in [0.29, 0.717) is 4.24 Å². The molecule has 38 valence electrons. The van der Waals surface area contributed by atoms with E-state index in [2.05, 4.69) is 6.92 Å². The first-order valence-corrected chi connectivity index (χ1v) is 4.00. The van der Waals surface area contributed by atoms with E-state index in [4.69, 9.17) is 11.6 Å². The Kier molecular flexibility index (Phi) is 4.54. The van der Waals surface area contributed by atoms with Crippen molar-refractivity contribution in [2.24, 2.45) is 0 Å². The van der Waals surface area contributed by atoms with Gasteiger partial charge in [-0.2, -0.15) is 0 Å². The van der Waals surface area contributed by atoms with Crippen molar-refractivity contribution in [2.45, 2.75) is 24.0 Å². The molecule has 0 aliphatic heterocycles. The molecule has 0 nitrogen and oxygen atoms in total. The summed E-state index contributed by atoms with van der Waals surface area (Å²) in [6.45, 7) is 2.16. The van der Waals surface area contributed by atoms with Gasteiger partial charge in [0.2, 0.25) is 16.3 Å². The Balaban J connectivity index is 0. The van der Waals surface area contributed by atoms with Gasteiger partial charge in [-0.25, -0.2) is 0 Å². The lowest BCUT2D eigenvalue weighted by atomic mass is 10.4. The minimum atomic E-state index is 0. The first-order chi connectivity index (χ1) is 2.77. The average Bonchev–Trinajstić information content (AvgIpc) is 1.35. The molecule has 2 heteroatoms. The summed E-state index contributed by atoms with van der Waals surface area (Å²) in [6.07, 6.45) is 2.44. The molecule has 0 aromatic heterocycles. The topological polar surface area (TPSA) is 0 Å². The zero-order valence-electron chi connectivity index (χ0n) is 4.37. The molecule has 0 amide bonds. The minimum Gasteiger partial charge on any atom is -0.140 e. The Morgan fingerprint density at radius 1 is 2.00 bits per heavy atom. The first-order valence-electron chi connectivity index (χ1n) is 2.41. The quantitative estimate of drug-likeness (QED) is 0.382. The second-order valence-electron chi connectivity index (χ2n) is 1.57. The predicted octanol–water partition coefficient (Wildman–Crippen LogP) is 1.23. The highest BCUT2D eigenvalue weighted by atomic mass is 35.5. The lowest BCUT2D eigenvalue weighted by Gasteiger charge is -1.93. The van der Waals surface area contributed by atoms with Crippen molar-refractivity contribution >= 4 is 27.9 Å². The number of halogens is 1. The van der Waals surface area contributed by atoms with Crippen LogP contribution in [-0.4, -0.2) is 20.5 Å². The summed E-state index contributed by atoms with van der Waals surface area (Å²) in [5.41, 5.74) is 0. The van der Waals surface area contributed by atoms with E-state index in [1.165, 1.54) is 12.8 Å². The van der Waals surface area contributed by atoms with E-state index < -0.39 is 0 Å². The van der Waals surface area contributed by atoms with Crippen LogP contribution in [0.3, 0.4) is 0 Å². The molecule has 1 unspecified atom stereocenters. The molecule has 0 aromatic carbocycles. The van der Waals surface area contributed by atoms with E-state index >= 15 is 0 Å². The molecule has 0 aliphatic carbocycles. The van der Waals surface area contributed by atoms with Gasteiger partial charge >= 0.3 is 0 Å². The molecule has 0 aliphatic rings. The smallest absolute Gasteiger partial charge is 0.140 e. The van der Waals surface area contributed by atoms with Crippen LogP contribution in [0.25, 0.3) is 0 Å². The molecule has 0 heterocycles. The van der Waals surface area contributed by atoms with Gasteiger partial charge in [0, 0.05) is 1.43 Å². The van der Waals surface area contributed by atoms with Crippen LogP contribution in [0.1, 0.15) is 21.2 Å². The molecule has 0 rings (SSSR count). The van der Waals surface area contributed by atoms with Crippen molar-refractivity contribution in [2.75, 3.05) is 0 Å². The molecule has 0 aromatic rings. The summed E-state index contributed by atoms with van der Waals surface area (Å²) < 4.78 is 0.509. The van der Waals surface area contributed by atoms with Gasteiger partial charge in [0.15, 0.2) is 0 Å². The third-order valence-electron chi connectivity index (χ3n) is 0.686. The molecular weight excluding hydrogens is 110 g/mol. The largest absolute Gasteiger partial charge is 0.240 e. The number of hydrogen-bond acceptors (Lipinski definition) is 0. The SMILES string of the molecule is CCC[CH]([AlH2])Cl.[HH]. The fourth-order valence-corrected chi connectivity index (χ4v) is 1.19. The molecule has 0 fully saturated rings. The Morgan fingerprint density at radius 2 is 2.50 bits per heavy atom. The molecule has 0 N–H and O–H groups in total. The molecule has 6 heavy (non-hydrogen) atoms. The van der Waals surface area contributed by atoms with E-state index in [0.717, 1.165) is 16.3 Å².